The molecule has 0 saturated carbocycles. The third-order valence-corrected chi connectivity index (χ3v) is 10.7. The van der Waals surface area contributed by atoms with Gasteiger partial charge in [-0.2, -0.15) is 0 Å². The Balaban J connectivity index is 1.40. The van der Waals surface area contributed by atoms with Crippen LogP contribution in [0.1, 0.15) is 6.92 Å². The van der Waals surface area contributed by atoms with Crippen molar-refractivity contribution in [3.63, 3.8) is 0 Å². The summed E-state index contributed by atoms with van der Waals surface area (Å²) in [7, 11) is 0. The van der Waals surface area contributed by atoms with Crippen molar-refractivity contribution in [1.29, 1.82) is 0 Å². The van der Waals surface area contributed by atoms with E-state index in [1.807, 2.05) is 0 Å². The second-order valence-electron chi connectivity index (χ2n) is 12.2. The summed E-state index contributed by atoms with van der Waals surface area (Å²) in [6.45, 7) is 2.31. The maximum Gasteiger partial charge on any atom is 0.166 e. The summed E-state index contributed by atoms with van der Waals surface area (Å²) in [5.74, 6) is 1.68. The van der Waals surface area contributed by atoms with Crippen LogP contribution in [0.3, 0.4) is 0 Å². The smallest absolute Gasteiger partial charge is 0.166 e. The molecule has 10 rings (SSSR count). The van der Waals surface area contributed by atoms with Gasteiger partial charge in [-0.3, -0.25) is 4.57 Å². The van der Waals surface area contributed by atoms with Crippen LogP contribution in [-0.4, -0.2) is 14.5 Å². The molecule has 0 aliphatic heterocycles. The zero-order valence-electron chi connectivity index (χ0n) is 24.6. The lowest BCUT2D eigenvalue weighted by Crippen LogP contribution is -2.35. The Hall–Kier alpha value is -5.32. The lowest BCUT2D eigenvalue weighted by Gasteiger charge is -2.24. The minimum atomic E-state index is 0.363. The van der Waals surface area contributed by atoms with Crippen LogP contribution in [0.5, 0.6) is 0 Å². The number of hydrogen-bond acceptors (Lipinski definition) is 3. The molecule has 3 nitrogen and oxygen atoms in total. The third-order valence-electron chi connectivity index (χ3n) is 9.69. The Morgan fingerprint density at radius 3 is 2.36 bits per heavy atom. The first-order chi connectivity index (χ1) is 22.2. The number of benzene rings is 5. The van der Waals surface area contributed by atoms with E-state index in [1.54, 1.807) is 11.3 Å². The zero-order chi connectivity index (χ0) is 29.6. The van der Waals surface area contributed by atoms with Gasteiger partial charge < -0.3 is 0 Å². The molecular weight excluding hydrogens is 567 g/mol. The minimum Gasteiger partial charge on any atom is -0.292 e. The maximum absolute atomic E-state index is 5.57. The van der Waals surface area contributed by atoms with Crippen molar-refractivity contribution in [3.8, 4) is 17.1 Å². The van der Waals surface area contributed by atoms with Gasteiger partial charge in [0, 0.05) is 32.2 Å². The first-order valence-corrected chi connectivity index (χ1v) is 16.4. The Morgan fingerprint density at radius 1 is 0.733 bits per heavy atom. The van der Waals surface area contributed by atoms with E-state index in [4.69, 9.17) is 9.97 Å². The van der Waals surface area contributed by atoms with Gasteiger partial charge in [-0.05, 0) is 57.3 Å². The highest BCUT2D eigenvalue weighted by Crippen LogP contribution is 2.40. The van der Waals surface area contributed by atoms with Crippen LogP contribution >= 0.6 is 11.3 Å². The maximum atomic E-state index is 5.57. The topological polar surface area (TPSA) is 30.7 Å². The number of nitrogens with zero attached hydrogens (tertiary/aromatic N) is 3. The average Bonchev–Trinajstić information content (AvgIpc) is 3.61. The van der Waals surface area contributed by atoms with Crippen LogP contribution in [-0.2, 0) is 0 Å². The van der Waals surface area contributed by atoms with E-state index < -0.39 is 0 Å². The molecular formula is C41H27N3S. The molecule has 0 amide bonds. The van der Waals surface area contributed by atoms with E-state index >= 15 is 0 Å². The number of hydrogen-bond donors (Lipinski definition) is 0. The first-order valence-electron chi connectivity index (χ1n) is 15.5. The molecule has 2 atom stereocenters. The Kier molecular flexibility index (Phi) is 5.20. The Morgan fingerprint density at radius 2 is 1.47 bits per heavy atom. The average molecular weight is 594 g/mol. The van der Waals surface area contributed by atoms with Crippen LogP contribution in [0.2, 0.25) is 0 Å². The van der Waals surface area contributed by atoms with E-state index in [0.717, 1.165) is 38.3 Å². The number of aromatic nitrogens is 3. The highest BCUT2D eigenvalue weighted by molar-refractivity contribution is 7.25. The molecule has 2 aliphatic rings. The number of allylic oxidation sites excluding steroid dienone is 4. The summed E-state index contributed by atoms with van der Waals surface area (Å²) in [5, 5.41) is 9.70. The number of fused-ring (bicyclic) bond motifs is 10. The SMILES string of the molecule is CC1C=CC=C2C=c3c(c4ccccc4n3-c3nc4sc5ccccc5c4nc3-c3cc4ccccc4c4ccccc34)=CC21. The van der Waals surface area contributed by atoms with Crippen LogP contribution in [0, 0.1) is 11.8 Å². The van der Waals surface area contributed by atoms with Crippen LogP contribution in [0.25, 0.3) is 82.1 Å². The van der Waals surface area contributed by atoms with Gasteiger partial charge in [0.25, 0.3) is 0 Å². The van der Waals surface area contributed by atoms with E-state index in [1.165, 1.54) is 47.8 Å². The van der Waals surface area contributed by atoms with Crippen molar-refractivity contribution in [2.75, 3.05) is 0 Å². The van der Waals surface area contributed by atoms with Gasteiger partial charge in [0.1, 0.15) is 16.0 Å². The third kappa shape index (κ3) is 3.57. The predicted octanol–water partition coefficient (Wildman–Crippen LogP) is 9.08. The van der Waals surface area contributed by atoms with Crippen molar-refractivity contribution in [1.82, 2.24) is 14.5 Å². The molecule has 0 N–H and O–H groups in total. The molecule has 3 aromatic heterocycles. The van der Waals surface area contributed by atoms with Crippen molar-refractivity contribution in [3.05, 3.63) is 137 Å². The van der Waals surface area contributed by atoms with Gasteiger partial charge >= 0.3 is 0 Å². The normalized spacial score (nSPS) is 17.4. The number of rotatable bonds is 2. The second-order valence-corrected chi connectivity index (χ2v) is 13.3. The van der Waals surface area contributed by atoms with Crippen molar-refractivity contribution < 1.29 is 0 Å². The highest BCUT2D eigenvalue weighted by atomic mass is 32.1. The fraction of sp³-hybridized carbons (Fsp3) is 0.0732. The fourth-order valence-corrected chi connectivity index (χ4v) is 8.55. The van der Waals surface area contributed by atoms with Crippen LogP contribution in [0.15, 0.2) is 127 Å². The largest absolute Gasteiger partial charge is 0.292 e. The summed E-state index contributed by atoms with van der Waals surface area (Å²) < 4.78 is 3.58. The molecule has 3 heterocycles. The molecule has 4 heteroatoms. The molecule has 0 bridgehead atoms. The summed E-state index contributed by atoms with van der Waals surface area (Å²) in [5.41, 5.74) is 5.45. The minimum absolute atomic E-state index is 0.363. The second kappa shape index (κ2) is 9.34. The van der Waals surface area contributed by atoms with E-state index in [-0.39, 0.29) is 0 Å². The van der Waals surface area contributed by atoms with E-state index in [9.17, 15) is 0 Å². The monoisotopic (exact) mass is 593 g/mol. The lowest BCUT2D eigenvalue weighted by atomic mass is 9.80. The molecule has 8 aromatic rings. The van der Waals surface area contributed by atoms with E-state index in [2.05, 4.69) is 145 Å². The summed E-state index contributed by atoms with van der Waals surface area (Å²) in [4.78, 5) is 12.1. The van der Waals surface area contributed by atoms with Gasteiger partial charge in [0.2, 0.25) is 0 Å². The summed E-state index contributed by atoms with van der Waals surface area (Å²) >= 11 is 1.72. The van der Waals surface area contributed by atoms with Crippen LogP contribution < -0.4 is 10.6 Å². The first kappa shape index (κ1) is 25.1. The summed E-state index contributed by atoms with van der Waals surface area (Å²) in [6.07, 6.45) is 11.6. The number of para-hydroxylation sites is 1. The molecule has 212 valence electrons. The standard InChI is InChI=1S/C41H27N3S/c1-24-11-10-13-26-22-36-33(23-32(24)26)30-17-6-8-19-35(30)44(36)40-38(42-39-31-18-7-9-20-37(31)45-41(39)43-40)34-21-25-12-2-3-14-27(25)28-15-4-5-16-29(28)34/h2-24,32H,1H3. The van der Waals surface area contributed by atoms with Gasteiger partial charge in [-0.25, -0.2) is 9.97 Å². The summed E-state index contributed by atoms with van der Waals surface area (Å²) in [6, 6.07) is 37.0. The van der Waals surface area contributed by atoms with Crippen molar-refractivity contribution in [2.45, 2.75) is 6.92 Å². The molecule has 2 unspecified atom stereocenters. The fourth-order valence-electron chi connectivity index (χ4n) is 7.54. The molecule has 0 saturated heterocycles. The van der Waals surface area contributed by atoms with Gasteiger partial charge in [0.15, 0.2) is 5.82 Å². The Bertz CT molecular complexity index is 2740. The zero-order valence-corrected chi connectivity index (χ0v) is 25.4. The van der Waals surface area contributed by atoms with Gasteiger partial charge in [-0.1, -0.05) is 116 Å². The molecule has 45 heavy (non-hydrogen) atoms. The molecule has 0 radical (unpaired) electrons. The van der Waals surface area contributed by atoms with Crippen molar-refractivity contribution >= 4 is 76.4 Å². The molecule has 0 spiro atoms. The quantitative estimate of drug-likeness (QED) is 0.187. The van der Waals surface area contributed by atoms with Crippen molar-refractivity contribution in [2.24, 2.45) is 11.8 Å². The molecule has 2 aliphatic carbocycles. The predicted molar refractivity (Wildman–Crippen MR) is 190 cm³/mol. The highest BCUT2D eigenvalue weighted by Gasteiger charge is 2.26. The Labute approximate surface area is 263 Å². The molecule has 0 fully saturated rings. The van der Waals surface area contributed by atoms with Gasteiger partial charge in [-0.15, -0.1) is 11.3 Å². The van der Waals surface area contributed by atoms with Gasteiger partial charge in [0.05, 0.1) is 10.9 Å². The number of thiophene rings is 1. The van der Waals surface area contributed by atoms with E-state index in [0.29, 0.717) is 11.8 Å². The molecule has 5 aromatic carbocycles. The lowest BCUT2D eigenvalue weighted by molar-refractivity contribution is 0.613. The van der Waals surface area contributed by atoms with Crippen LogP contribution in [0.4, 0.5) is 0 Å².